The summed E-state index contributed by atoms with van der Waals surface area (Å²) in [6.07, 6.45) is 4.18. The van der Waals surface area contributed by atoms with Crippen molar-refractivity contribution in [2.45, 2.75) is 38.3 Å². The molecule has 31 heavy (non-hydrogen) atoms. The Labute approximate surface area is 181 Å². The highest BCUT2D eigenvalue weighted by Crippen LogP contribution is 2.41. The number of likely N-dealkylation sites (tertiary alicyclic amines) is 1. The van der Waals surface area contributed by atoms with E-state index in [1.807, 2.05) is 48.4 Å². The van der Waals surface area contributed by atoms with Gasteiger partial charge in [0.1, 0.15) is 18.0 Å². The van der Waals surface area contributed by atoms with Crippen LogP contribution in [0.4, 0.5) is 5.82 Å². The van der Waals surface area contributed by atoms with Crippen LogP contribution in [0, 0.1) is 6.92 Å². The number of amides is 1. The number of carbonyl (C=O) groups excluding carboxylic acids is 1. The van der Waals surface area contributed by atoms with Crippen LogP contribution in [-0.2, 0) is 28.1 Å². The Hall–Kier alpha value is -3.26. The number of nitrogen functional groups attached to an aromatic ring is 1. The van der Waals surface area contributed by atoms with Crippen molar-refractivity contribution in [3.05, 3.63) is 59.5 Å². The summed E-state index contributed by atoms with van der Waals surface area (Å²) < 4.78 is 7.89. The van der Waals surface area contributed by atoms with E-state index in [1.54, 1.807) is 10.7 Å². The van der Waals surface area contributed by atoms with Crippen molar-refractivity contribution in [1.29, 1.82) is 0 Å². The second-order valence-corrected chi connectivity index (χ2v) is 8.28. The number of nitrogens with zero attached hydrogens (tertiary/aromatic N) is 5. The third kappa shape index (κ3) is 3.67. The molecule has 2 N–H and O–H groups in total. The van der Waals surface area contributed by atoms with Gasteiger partial charge in [-0.2, -0.15) is 5.10 Å². The molecule has 0 saturated carbocycles. The summed E-state index contributed by atoms with van der Waals surface area (Å²) in [7, 11) is 0. The van der Waals surface area contributed by atoms with Gasteiger partial charge in [-0.3, -0.25) is 4.79 Å². The Kier molecular flexibility index (Phi) is 4.94. The third-order valence-corrected chi connectivity index (χ3v) is 6.22. The second kappa shape index (κ2) is 7.77. The van der Waals surface area contributed by atoms with Gasteiger partial charge < -0.3 is 15.4 Å². The van der Waals surface area contributed by atoms with Crippen LogP contribution in [0.25, 0.3) is 11.4 Å². The molecule has 2 aromatic heterocycles. The van der Waals surface area contributed by atoms with Gasteiger partial charge in [0.05, 0.1) is 18.0 Å². The van der Waals surface area contributed by atoms with E-state index >= 15 is 0 Å². The maximum atomic E-state index is 12.8. The monoisotopic (exact) mass is 418 g/mol. The summed E-state index contributed by atoms with van der Waals surface area (Å²) in [5.41, 5.74) is 9.40. The van der Waals surface area contributed by atoms with Crippen LogP contribution in [0.2, 0.25) is 0 Å². The minimum Gasteiger partial charge on any atom is -0.384 e. The number of nitrogens with two attached hydrogens (primary N) is 1. The van der Waals surface area contributed by atoms with Gasteiger partial charge in [-0.05, 0) is 31.7 Å². The number of benzene rings is 1. The molecular formula is C23H26N6O2. The van der Waals surface area contributed by atoms with Crippen LogP contribution in [0.1, 0.15) is 29.8 Å². The Bertz CT molecular complexity index is 1100. The van der Waals surface area contributed by atoms with Gasteiger partial charge in [-0.15, -0.1) is 0 Å². The molecule has 5 rings (SSSR count). The van der Waals surface area contributed by atoms with Crippen molar-refractivity contribution in [1.82, 2.24) is 24.6 Å². The van der Waals surface area contributed by atoms with Crippen LogP contribution in [0.5, 0.6) is 0 Å². The SMILES string of the molecule is Cc1cc(N)n(CC(=O)N2CCC3(CC2)OCCc2cnc(-c4ccccc4)nc23)n1. The van der Waals surface area contributed by atoms with Gasteiger partial charge in [-0.1, -0.05) is 30.3 Å². The van der Waals surface area contributed by atoms with Crippen molar-refractivity contribution < 1.29 is 9.53 Å². The zero-order valence-electron chi connectivity index (χ0n) is 17.6. The van der Waals surface area contributed by atoms with Crippen LogP contribution in [-0.4, -0.2) is 50.3 Å². The largest absolute Gasteiger partial charge is 0.384 e. The van der Waals surface area contributed by atoms with Crippen molar-refractivity contribution in [2.24, 2.45) is 0 Å². The molecule has 1 fully saturated rings. The van der Waals surface area contributed by atoms with Crippen molar-refractivity contribution in [3.63, 3.8) is 0 Å². The number of hydrogen-bond acceptors (Lipinski definition) is 6. The minimum absolute atomic E-state index is 0.0216. The van der Waals surface area contributed by atoms with E-state index in [4.69, 9.17) is 15.5 Å². The molecule has 1 amide bonds. The maximum Gasteiger partial charge on any atom is 0.244 e. The molecule has 2 aliphatic heterocycles. The Morgan fingerprint density at radius 1 is 1.23 bits per heavy atom. The lowest BCUT2D eigenvalue weighted by Crippen LogP contribution is -2.49. The van der Waals surface area contributed by atoms with Gasteiger partial charge in [0.2, 0.25) is 5.91 Å². The summed E-state index contributed by atoms with van der Waals surface area (Å²) in [6, 6.07) is 11.8. The number of rotatable bonds is 3. The van der Waals surface area contributed by atoms with Gasteiger partial charge in [0.25, 0.3) is 0 Å². The highest BCUT2D eigenvalue weighted by Gasteiger charge is 2.43. The fraction of sp³-hybridized carbons (Fsp3) is 0.391. The number of ether oxygens (including phenoxy) is 1. The smallest absolute Gasteiger partial charge is 0.244 e. The fourth-order valence-electron chi connectivity index (χ4n) is 4.55. The first-order valence-electron chi connectivity index (χ1n) is 10.7. The van der Waals surface area contributed by atoms with Gasteiger partial charge >= 0.3 is 0 Å². The molecule has 8 heteroatoms. The fourth-order valence-corrected chi connectivity index (χ4v) is 4.55. The maximum absolute atomic E-state index is 12.8. The molecule has 1 spiro atoms. The number of anilines is 1. The Morgan fingerprint density at radius 2 is 2.00 bits per heavy atom. The summed E-state index contributed by atoms with van der Waals surface area (Å²) in [5.74, 6) is 1.25. The molecule has 3 aromatic rings. The van der Waals surface area contributed by atoms with Gasteiger partial charge in [0.15, 0.2) is 5.82 Å². The predicted octanol–water partition coefficient (Wildman–Crippen LogP) is 2.32. The molecule has 0 atom stereocenters. The van der Waals surface area contributed by atoms with E-state index in [1.165, 1.54) is 0 Å². The standard InChI is InChI=1S/C23H26N6O2/c1-16-13-19(24)29(27-16)15-20(30)28-10-8-23(9-11-28)21-18(7-12-31-23)14-25-22(26-21)17-5-3-2-4-6-17/h2-6,13-14H,7-12,15,24H2,1H3. The van der Waals surface area contributed by atoms with E-state index in [9.17, 15) is 4.79 Å². The number of carbonyl (C=O) groups is 1. The van der Waals surface area contributed by atoms with Crippen molar-refractivity contribution in [2.75, 3.05) is 25.4 Å². The van der Waals surface area contributed by atoms with E-state index < -0.39 is 5.60 Å². The molecule has 2 aliphatic rings. The van der Waals surface area contributed by atoms with E-state index in [0.717, 1.165) is 28.9 Å². The average Bonchev–Trinajstić information content (AvgIpc) is 3.11. The third-order valence-electron chi connectivity index (χ3n) is 6.22. The Balaban J connectivity index is 1.35. The zero-order chi connectivity index (χ0) is 21.4. The minimum atomic E-state index is -0.460. The molecule has 0 radical (unpaired) electrons. The quantitative estimate of drug-likeness (QED) is 0.701. The van der Waals surface area contributed by atoms with Crippen LogP contribution in [0.3, 0.4) is 0 Å². The second-order valence-electron chi connectivity index (χ2n) is 8.28. The molecule has 0 bridgehead atoms. The normalized spacial score (nSPS) is 17.5. The first-order chi connectivity index (χ1) is 15.0. The number of aryl methyl sites for hydroxylation is 1. The lowest BCUT2D eigenvalue weighted by atomic mass is 9.83. The lowest BCUT2D eigenvalue weighted by molar-refractivity contribution is -0.142. The zero-order valence-corrected chi connectivity index (χ0v) is 17.6. The first kappa shape index (κ1) is 19.7. The van der Waals surface area contributed by atoms with E-state index in [-0.39, 0.29) is 12.5 Å². The van der Waals surface area contributed by atoms with Crippen molar-refractivity contribution in [3.8, 4) is 11.4 Å². The topological polar surface area (TPSA) is 99.2 Å². The summed E-state index contributed by atoms with van der Waals surface area (Å²) in [4.78, 5) is 24.2. The molecule has 0 unspecified atom stereocenters. The van der Waals surface area contributed by atoms with Gasteiger partial charge in [0, 0.05) is 30.9 Å². The number of hydrogen-bond donors (Lipinski definition) is 1. The van der Waals surface area contributed by atoms with Crippen LogP contribution in [0.15, 0.2) is 42.6 Å². The van der Waals surface area contributed by atoms with Gasteiger partial charge in [-0.25, -0.2) is 14.6 Å². The van der Waals surface area contributed by atoms with Crippen molar-refractivity contribution >= 4 is 11.7 Å². The Morgan fingerprint density at radius 3 is 2.71 bits per heavy atom. The summed E-state index contributed by atoms with van der Waals surface area (Å²) >= 11 is 0. The summed E-state index contributed by atoms with van der Waals surface area (Å²) in [6.45, 7) is 3.90. The molecule has 4 heterocycles. The molecule has 1 saturated heterocycles. The van der Waals surface area contributed by atoms with E-state index in [0.29, 0.717) is 44.2 Å². The molecule has 160 valence electrons. The molecule has 8 nitrogen and oxygen atoms in total. The molecular weight excluding hydrogens is 392 g/mol. The first-order valence-corrected chi connectivity index (χ1v) is 10.7. The van der Waals surface area contributed by atoms with Crippen LogP contribution < -0.4 is 5.73 Å². The number of aromatic nitrogens is 4. The average molecular weight is 419 g/mol. The highest BCUT2D eigenvalue weighted by molar-refractivity contribution is 5.76. The summed E-state index contributed by atoms with van der Waals surface area (Å²) in [5, 5.41) is 4.30. The molecule has 1 aromatic carbocycles. The predicted molar refractivity (Wildman–Crippen MR) is 116 cm³/mol. The van der Waals surface area contributed by atoms with E-state index in [2.05, 4.69) is 10.1 Å². The number of piperidine rings is 1. The van der Waals surface area contributed by atoms with Crippen LogP contribution >= 0.6 is 0 Å². The number of fused-ring (bicyclic) bond motifs is 2. The highest BCUT2D eigenvalue weighted by atomic mass is 16.5. The molecule has 0 aliphatic carbocycles. The lowest BCUT2D eigenvalue weighted by Gasteiger charge is -2.44.